The lowest BCUT2D eigenvalue weighted by molar-refractivity contribution is 0.0948. The van der Waals surface area contributed by atoms with Crippen molar-refractivity contribution in [1.29, 1.82) is 0 Å². The molecule has 0 saturated heterocycles. The molecule has 0 aliphatic carbocycles. The van der Waals surface area contributed by atoms with E-state index in [4.69, 9.17) is 14.2 Å². The first-order valence-electron chi connectivity index (χ1n) is 8.95. The lowest BCUT2D eigenvalue weighted by atomic mass is 10.1. The summed E-state index contributed by atoms with van der Waals surface area (Å²) in [5.41, 5.74) is 1.74. The lowest BCUT2D eigenvalue weighted by Gasteiger charge is -2.11. The number of hydrogen-bond acceptors (Lipinski definition) is 5. The minimum atomic E-state index is -0.260. The maximum atomic E-state index is 12.5. The van der Waals surface area contributed by atoms with E-state index < -0.39 is 0 Å². The van der Waals surface area contributed by atoms with Crippen LogP contribution in [0.1, 0.15) is 32.7 Å². The second-order valence-electron chi connectivity index (χ2n) is 6.06. The van der Waals surface area contributed by atoms with E-state index in [1.54, 1.807) is 51.7 Å². The zero-order valence-corrected chi connectivity index (χ0v) is 16.4. The van der Waals surface area contributed by atoms with Crippen molar-refractivity contribution < 1.29 is 23.8 Å². The van der Waals surface area contributed by atoms with Gasteiger partial charge < -0.3 is 24.8 Å². The van der Waals surface area contributed by atoms with E-state index in [2.05, 4.69) is 10.6 Å². The van der Waals surface area contributed by atoms with E-state index in [0.717, 1.165) is 12.0 Å². The largest absolute Gasteiger partial charge is 0.493 e. The number of nitrogens with one attached hydrogen (secondary N) is 2. The first-order chi connectivity index (χ1) is 13.6. The summed E-state index contributed by atoms with van der Waals surface area (Å²) < 4.78 is 15.4. The average Bonchev–Trinajstić information content (AvgIpc) is 2.74. The molecule has 0 heterocycles. The Hall–Kier alpha value is -3.06. The van der Waals surface area contributed by atoms with E-state index in [-0.39, 0.29) is 11.8 Å². The van der Waals surface area contributed by atoms with Gasteiger partial charge in [0.2, 0.25) is 0 Å². The highest BCUT2D eigenvalue weighted by molar-refractivity contribution is 5.99. The van der Waals surface area contributed by atoms with E-state index in [9.17, 15) is 9.59 Å². The van der Waals surface area contributed by atoms with Gasteiger partial charge in [-0.2, -0.15) is 0 Å². The van der Waals surface area contributed by atoms with Crippen LogP contribution in [0.4, 0.5) is 0 Å². The Morgan fingerprint density at radius 2 is 1.54 bits per heavy atom. The van der Waals surface area contributed by atoms with Crippen LogP contribution in [0.2, 0.25) is 0 Å². The fraction of sp³-hybridized carbons (Fsp3) is 0.333. The van der Waals surface area contributed by atoms with Crippen molar-refractivity contribution in [3.63, 3.8) is 0 Å². The maximum Gasteiger partial charge on any atom is 0.251 e. The molecule has 0 aliphatic rings. The molecule has 0 saturated carbocycles. The summed E-state index contributed by atoms with van der Waals surface area (Å²) in [6, 6.07) is 12.1. The van der Waals surface area contributed by atoms with Crippen LogP contribution in [0, 0.1) is 0 Å². The van der Waals surface area contributed by atoms with Gasteiger partial charge in [-0.15, -0.1) is 0 Å². The molecule has 2 amide bonds. The Kier molecular flexibility index (Phi) is 8.30. The Labute approximate surface area is 165 Å². The maximum absolute atomic E-state index is 12.5. The summed E-state index contributed by atoms with van der Waals surface area (Å²) in [5, 5.41) is 5.65. The minimum absolute atomic E-state index is 0.217. The highest BCUT2D eigenvalue weighted by atomic mass is 16.5. The molecule has 0 bridgehead atoms. The van der Waals surface area contributed by atoms with Crippen molar-refractivity contribution in [2.75, 3.05) is 34.5 Å². The van der Waals surface area contributed by atoms with Crippen LogP contribution in [0.5, 0.6) is 11.5 Å². The van der Waals surface area contributed by atoms with Crippen molar-refractivity contribution in [3.8, 4) is 11.5 Å². The topological polar surface area (TPSA) is 85.9 Å². The average molecular weight is 386 g/mol. The van der Waals surface area contributed by atoms with Crippen LogP contribution in [-0.2, 0) is 11.3 Å². The van der Waals surface area contributed by atoms with E-state index in [0.29, 0.717) is 42.3 Å². The predicted octanol–water partition coefficient (Wildman–Crippen LogP) is 2.40. The Bertz CT molecular complexity index is 807. The molecule has 0 radical (unpaired) electrons. The first kappa shape index (κ1) is 21.2. The second kappa shape index (κ2) is 10.9. The van der Waals surface area contributed by atoms with Crippen LogP contribution >= 0.6 is 0 Å². The van der Waals surface area contributed by atoms with Crippen LogP contribution in [0.3, 0.4) is 0 Å². The molecule has 0 aliphatic heterocycles. The third-order valence-electron chi connectivity index (χ3n) is 4.10. The molecule has 0 fully saturated rings. The Morgan fingerprint density at radius 3 is 2.18 bits per heavy atom. The Morgan fingerprint density at radius 1 is 0.857 bits per heavy atom. The van der Waals surface area contributed by atoms with Crippen molar-refractivity contribution in [2.45, 2.75) is 13.0 Å². The van der Waals surface area contributed by atoms with Crippen molar-refractivity contribution in [1.82, 2.24) is 10.6 Å². The highest BCUT2D eigenvalue weighted by Crippen LogP contribution is 2.27. The summed E-state index contributed by atoms with van der Waals surface area (Å²) in [7, 11) is 4.75. The fourth-order valence-corrected chi connectivity index (χ4v) is 2.60. The number of benzene rings is 2. The molecule has 2 N–H and O–H groups in total. The lowest BCUT2D eigenvalue weighted by Crippen LogP contribution is -2.26. The molecule has 2 aromatic carbocycles. The number of rotatable bonds is 10. The van der Waals surface area contributed by atoms with Gasteiger partial charge in [0.1, 0.15) is 0 Å². The molecule has 0 atom stereocenters. The minimum Gasteiger partial charge on any atom is -0.493 e. The summed E-state index contributed by atoms with van der Waals surface area (Å²) in [6.45, 7) is 1.42. The number of methoxy groups -OCH3 is 3. The third-order valence-corrected chi connectivity index (χ3v) is 4.10. The normalized spacial score (nSPS) is 10.2. The summed E-state index contributed by atoms with van der Waals surface area (Å²) in [5.74, 6) is 0.748. The molecule has 0 aromatic heterocycles. The number of amides is 2. The van der Waals surface area contributed by atoms with Gasteiger partial charge in [0.05, 0.1) is 14.2 Å². The zero-order chi connectivity index (χ0) is 20.4. The second-order valence-corrected chi connectivity index (χ2v) is 6.06. The summed E-state index contributed by atoms with van der Waals surface area (Å²) >= 11 is 0. The van der Waals surface area contributed by atoms with Gasteiger partial charge in [0.15, 0.2) is 11.5 Å². The van der Waals surface area contributed by atoms with Crippen LogP contribution in [0.15, 0.2) is 42.5 Å². The number of carbonyl (C=O) groups excluding carboxylic acids is 2. The van der Waals surface area contributed by atoms with Crippen molar-refractivity contribution in [3.05, 3.63) is 59.2 Å². The molecule has 0 unspecified atom stereocenters. The van der Waals surface area contributed by atoms with E-state index in [1.165, 1.54) is 0 Å². The van der Waals surface area contributed by atoms with Gasteiger partial charge in [0.25, 0.3) is 11.8 Å². The van der Waals surface area contributed by atoms with E-state index in [1.807, 2.05) is 12.1 Å². The zero-order valence-electron chi connectivity index (χ0n) is 16.4. The smallest absolute Gasteiger partial charge is 0.251 e. The molecule has 28 heavy (non-hydrogen) atoms. The standard InChI is InChI=1S/C21H26N2O5/c1-26-11-5-10-22-20(24)16-6-4-7-17(13-16)21(25)23-14-15-8-9-18(27-2)19(12-15)28-3/h4,6-9,12-13H,5,10-11,14H2,1-3H3,(H,22,24)(H,23,25). The molecule has 150 valence electrons. The predicted molar refractivity (Wildman–Crippen MR) is 106 cm³/mol. The van der Waals surface area contributed by atoms with Crippen LogP contribution in [-0.4, -0.2) is 46.3 Å². The van der Waals surface area contributed by atoms with Gasteiger partial charge in [-0.1, -0.05) is 12.1 Å². The number of ether oxygens (including phenoxy) is 3. The van der Waals surface area contributed by atoms with Crippen molar-refractivity contribution >= 4 is 11.8 Å². The quantitative estimate of drug-likeness (QED) is 0.613. The molecule has 7 nitrogen and oxygen atoms in total. The highest BCUT2D eigenvalue weighted by Gasteiger charge is 2.11. The van der Waals surface area contributed by atoms with Crippen LogP contribution in [0.25, 0.3) is 0 Å². The summed E-state index contributed by atoms with van der Waals surface area (Å²) in [6.07, 6.45) is 0.730. The molecular weight excluding hydrogens is 360 g/mol. The Balaban J connectivity index is 1.96. The van der Waals surface area contributed by atoms with Crippen LogP contribution < -0.4 is 20.1 Å². The molecular formula is C21H26N2O5. The first-order valence-corrected chi connectivity index (χ1v) is 8.95. The van der Waals surface area contributed by atoms with Gasteiger partial charge in [0, 0.05) is 37.9 Å². The SMILES string of the molecule is COCCCNC(=O)c1cccc(C(=O)NCc2ccc(OC)c(OC)c2)c1. The molecule has 0 spiro atoms. The fourth-order valence-electron chi connectivity index (χ4n) is 2.60. The van der Waals surface area contributed by atoms with Gasteiger partial charge >= 0.3 is 0 Å². The molecule has 7 heteroatoms. The third kappa shape index (κ3) is 5.99. The van der Waals surface area contributed by atoms with Crippen molar-refractivity contribution in [2.24, 2.45) is 0 Å². The van der Waals surface area contributed by atoms with Gasteiger partial charge in [-0.25, -0.2) is 0 Å². The number of carbonyl (C=O) groups is 2. The monoisotopic (exact) mass is 386 g/mol. The number of hydrogen-bond donors (Lipinski definition) is 2. The molecule has 2 aromatic rings. The summed E-state index contributed by atoms with van der Waals surface area (Å²) in [4.78, 5) is 24.6. The van der Waals surface area contributed by atoms with E-state index >= 15 is 0 Å². The van der Waals surface area contributed by atoms with Gasteiger partial charge in [-0.3, -0.25) is 9.59 Å². The van der Waals surface area contributed by atoms with Gasteiger partial charge in [-0.05, 0) is 42.3 Å². The molecule has 2 rings (SSSR count).